The fraction of sp³-hybridized carbons (Fsp3) is 0.481. The van der Waals surface area contributed by atoms with Crippen LogP contribution in [0.2, 0.25) is 0 Å². The van der Waals surface area contributed by atoms with E-state index in [0.29, 0.717) is 53.2 Å². The largest absolute Gasteiger partial charge is 0.491 e. The zero-order valence-electron chi connectivity index (χ0n) is 19.1. The smallest absolute Gasteiger partial charge is 0.166 e. The Labute approximate surface area is 193 Å². The molecule has 6 nitrogen and oxygen atoms in total. The van der Waals surface area contributed by atoms with Gasteiger partial charge in [-0.2, -0.15) is 0 Å². The Morgan fingerprint density at radius 1 is 1.12 bits per heavy atom. The van der Waals surface area contributed by atoms with Crippen molar-refractivity contribution in [2.24, 2.45) is 17.8 Å². The summed E-state index contributed by atoms with van der Waals surface area (Å²) in [4.78, 5) is 26.1. The van der Waals surface area contributed by atoms with Gasteiger partial charge in [0.2, 0.25) is 0 Å². The number of ether oxygens (including phenoxy) is 3. The third kappa shape index (κ3) is 4.06. The number of benzene rings is 2. The van der Waals surface area contributed by atoms with E-state index in [1.54, 1.807) is 6.07 Å². The van der Waals surface area contributed by atoms with Gasteiger partial charge >= 0.3 is 0 Å². The first-order valence-corrected chi connectivity index (χ1v) is 11.8. The molecular formula is C27H30O6. The summed E-state index contributed by atoms with van der Waals surface area (Å²) in [6, 6.07) is 11.4. The lowest BCUT2D eigenvalue weighted by atomic mass is 9.85. The molecule has 2 heterocycles. The van der Waals surface area contributed by atoms with Crippen molar-refractivity contribution >= 4 is 11.6 Å². The molecule has 3 aliphatic rings. The number of fused-ring (bicyclic) bond motifs is 2. The van der Waals surface area contributed by atoms with Gasteiger partial charge in [-0.05, 0) is 54.5 Å². The highest BCUT2D eigenvalue weighted by Crippen LogP contribution is 2.53. The Morgan fingerprint density at radius 2 is 1.91 bits per heavy atom. The van der Waals surface area contributed by atoms with Crippen LogP contribution in [-0.4, -0.2) is 49.2 Å². The molecule has 6 heteroatoms. The van der Waals surface area contributed by atoms with Gasteiger partial charge in [0, 0.05) is 29.9 Å². The molecule has 1 saturated heterocycles. The number of aliphatic hydroxyl groups excluding tert-OH is 1. The van der Waals surface area contributed by atoms with Crippen LogP contribution < -0.4 is 9.47 Å². The summed E-state index contributed by atoms with van der Waals surface area (Å²) in [6.07, 6.45) is 0.658. The second-order valence-electron chi connectivity index (χ2n) is 9.32. The summed E-state index contributed by atoms with van der Waals surface area (Å²) in [5.41, 5.74) is 2.96. The van der Waals surface area contributed by atoms with Gasteiger partial charge in [-0.3, -0.25) is 9.59 Å². The Hall–Kier alpha value is -2.70. The fourth-order valence-electron chi connectivity index (χ4n) is 5.48. The molecule has 5 rings (SSSR count). The average Bonchev–Trinajstić information content (AvgIpc) is 3.15. The van der Waals surface area contributed by atoms with Crippen LogP contribution in [0.15, 0.2) is 36.4 Å². The van der Waals surface area contributed by atoms with E-state index >= 15 is 0 Å². The molecule has 0 aromatic heterocycles. The predicted octanol–water partition coefficient (Wildman–Crippen LogP) is 4.03. The van der Waals surface area contributed by atoms with E-state index in [-0.39, 0.29) is 36.8 Å². The van der Waals surface area contributed by atoms with E-state index in [1.165, 1.54) is 0 Å². The van der Waals surface area contributed by atoms with Crippen LogP contribution in [0.1, 0.15) is 64.4 Å². The van der Waals surface area contributed by atoms with Crippen LogP contribution in [0.25, 0.3) is 0 Å². The standard InChI is InChI=1S/C27H30O6/c1-3-24(29)20-10-17(25(30)12-19-22-13-31-14-23(19)22)11-21-26(15(2)33-27(20)21)16-5-4-6-18(9-16)32-8-7-28/h4-6,9-11,15,19,22-23,26,28H,3,7-8,12-14H2,1-2H3/t15-,19?,22-,23+,26+/m0/s1. The SMILES string of the molecule is CCC(=O)c1cc(C(=O)CC2[C@H]3COC[C@@H]23)cc2c1O[C@@H](C)[C@@H]2c1cccc(OCCO)c1. The Balaban J connectivity index is 1.50. The van der Waals surface area contributed by atoms with E-state index in [2.05, 4.69) is 0 Å². The lowest BCUT2D eigenvalue weighted by Crippen LogP contribution is -2.15. The van der Waals surface area contributed by atoms with Crippen molar-refractivity contribution in [2.45, 2.75) is 38.7 Å². The molecule has 2 aromatic rings. The lowest BCUT2D eigenvalue weighted by Gasteiger charge is -2.17. The second kappa shape index (κ2) is 8.92. The van der Waals surface area contributed by atoms with Crippen LogP contribution in [0.5, 0.6) is 11.5 Å². The van der Waals surface area contributed by atoms with Gasteiger partial charge < -0.3 is 19.3 Å². The number of hydrogen-bond donors (Lipinski definition) is 1. The number of carbonyl (C=O) groups is 2. The maximum Gasteiger partial charge on any atom is 0.166 e. The highest BCUT2D eigenvalue weighted by atomic mass is 16.5. The van der Waals surface area contributed by atoms with Crippen molar-refractivity contribution < 1.29 is 28.9 Å². The van der Waals surface area contributed by atoms with E-state index in [9.17, 15) is 9.59 Å². The molecule has 0 amide bonds. The maximum atomic E-state index is 13.2. The van der Waals surface area contributed by atoms with Crippen molar-refractivity contribution in [3.63, 3.8) is 0 Å². The topological polar surface area (TPSA) is 82.1 Å². The minimum atomic E-state index is -0.193. The number of carbonyl (C=O) groups excluding carboxylic acids is 2. The molecule has 0 spiro atoms. The van der Waals surface area contributed by atoms with E-state index in [0.717, 1.165) is 24.3 Å². The molecule has 2 aliphatic heterocycles. The van der Waals surface area contributed by atoms with E-state index < -0.39 is 0 Å². The number of aliphatic hydroxyl groups is 1. The van der Waals surface area contributed by atoms with Gasteiger partial charge in [-0.1, -0.05) is 19.1 Å². The molecule has 1 N–H and O–H groups in total. The average molecular weight is 451 g/mol. The zero-order valence-corrected chi connectivity index (χ0v) is 19.1. The molecule has 0 bridgehead atoms. The van der Waals surface area contributed by atoms with Crippen molar-refractivity contribution in [1.29, 1.82) is 0 Å². The van der Waals surface area contributed by atoms with Gasteiger partial charge in [0.25, 0.3) is 0 Å². The summed E-state index contributed by atoms with van der Waals surface area (Å²) in [7, 11) is 0. The van der Waals surface area contributed by atoms with Gasteiger partial charge in [0.05, 0.1) is 25.4 Å². The van der Waals surface area contributed by atoms with Crippen LogP contribution >= 0.6 is 0 Å². The Morgan fingerprint density at radius 3 is 2.64 bits per heavy atom. The van der Waals surface area contributed by atoms with Crippen molar-refractivity contribution in [3.05, 3.63) is 58.7 Å². The third-order valence-corrected chi connectivity index (χ3v) is 7.30. The molecular weight excluding hydrogens is 420 g/mol. The summed E-state index contributed by atoms with van der Waals surface area (Å²) in [5, 5.41) is 9.07. The van der Waals surface area contributed by atoms with Gasteiger partial charge in [-0.25, -0.2) is 0 Å². The second-order valence-corrected chi connectivity index (χ2v) is 9.32. The van der Waals surface area contributed by atoms with Gasteiger partial charge in [-0.15, -0.1) is 0 Å². The van der Waals surface area contributed by atoms with E-state index in [4.69, 9.17) is 19.3 Å². The van der Waals surface area contributed by atoms with Gasteiger partial charge in [0.15, 0.2) is 11.6 Å². The minimum Gasteiger partial charge on any atom is -0.491 e. The first-order valence-electron chi connectivity index (χ1n) is 11.8. The lowest BCUT2D eigenvalue weighted by molar-refractivity contribution is 0.0950. The van der Waals surface area contributed by atoms with Gasteiger partial charge in [0.1, 0.15) is 24.2 Å². The molecule has 2 aromatic carbocycles. The first-order chi connectivity index (χ1) is 16.0. The summed E-state index contributed by atoms with van der Waals surface area (Å²) < 4.78 is 17.3. The number of Topliss-reactive ketones (excluding diaryl/α,β-unsaturated/α-hetero) is 2. The zero-order chi connectivity index (χ0) is 23.1. The molecule has 0 radical (unpaired) electrons. The van der Waals surface area contributed by atoms with Crippen LogP contribution in [0.4, 0.5) is 0 Å². The Bertz CT molecular complexity index is 1070. The highest BCUT2D eigenvalue weighted by Gasteiger charge is 2.54. The highest BCUT2D eigenvalue weighted by molar-refractivity contribution is 6.04. The summed E-state index contributed by atoms with van der Waals surface area (Å²) in [6.45, 7) is 5.49. The fourth-order valence-corrected chi connectivity index (χ4v) is 5.48. The van der Waals surface area contributed by atoms with Crippen molar-refractivity contribution in [3.8, 4) is 11.5 Å². The van der Waals surface area contributed by atoms with Crippen LogP contribution in [0, 0.1) is 17.8 Å². The molecule has 1 unspecified atom stereocenters. The van der Waals surface area contributed by atoms with E-state index in [1.807, 2.05) is 44.2 Å². The predicted molar refractivity (Wildman–Crippen MR) is 122 cm³/mol. The van der Waals surface area contributed by atoms with Crippen molar-refractivity contribution in [2.75, 3.05) is 26.4 Å². The number of hydrogen-bond acceptors (Lipinski definition) is 6. The third-order valence-electron chi connectivity index (χ3n) is 7.30. The summed E-state index contributed by atoms with van der Waals surface area (Å²) in [5.74, 6) is 2.62. The molecule has 2 fully saturated rings. The number of rotatable bonds is 9. The Kier molecular flexibility index (Phi) is 5.97. The normalized spacial score (nSPS) is 26.9. The van der Waals surface area contributed by atoms with Crippen molar-refractivity contribution in [1.82, 2.24) is 0 Å². The quantitative estimate of drug-likeness (QED) is 0.581. The van der Waals surface area contributed by atoms with Crippen LogP contribution in [-0.2, 0) is 4.74 Å². The molecule has 1 aliphatic carbocycles. The molecule has 5 atom stereocenters. The number of ketones is 2. The van der Waals surface area contributed by atoms with Crippen LogP contribution in [0.3, 0.4) is 0 Å². The first kappa shape index (κ1) is 22.1. The molecule has 1 saturated carbocycles. The summed E-state index contributed by atoms with van der Waals surface area (Å²) >= 11 is 0. The molecule has 174 valence electrons. The maximum absolute atomic E-state index is 13.2. The minimum absolute atomic E-state index is 0.0227. The monoisotopic (exact) mass is 450 g/mol. The molecule has 33 heavy (non-hydrogen) atoms.